The Morgan fingerprint density at radius 2 is 1.92 bits per heavy atom. The fourth-order valence-corrected chi connectivity index (χ4v) is 2.79. The number of aryl methyl sites for hydroxylation is 2. The minimum Gasteiger partial charge on any atom is -0.451 e. The summed E-state index contributed by atoms with van der Waals surface area (Å²) in [4.78, 5) is 26.1. The number of fused-ring (bicyclic) bond motifs is 1. The van der Waals surface area contributed by atoms with Crippen LogP contribution in [0.4, 0.5) is 0 Å². The zero-order chi connectivity index (χ0) is 18.7. The molecule has 1 amide bonds. The van der Waals surface area contributed by atoms with Crippen LogP contribution in [0.1, 0.15) is 27.2 Å². The second kappa shape index (κ2) is 7.39. The predicted molar refractivity (Wildman–Crippen MR) is 98.8 cm³/mol. The summed E-state index contributed by atoms with van der Waals surface area (Å²) >= 11 is 0. The molecule has 6 heteroatoms. The number of hydrogen-bond acceptors (Lipinski definition) is 4. The van der Waals surface area contributed by atoms with Gasteiger partial charge in [0, 0.05) is 19.0 Å². The first kappa shape index (κ1) is 17.7. The van der Waals surface area contributed by atoms with E-state index in [-0.39, 0.29) is 18.2 Å². The largest absolute Gasteiger partial charge is 0.451 e. The fraction of sp³-hybridized carbons (Fsp3) is 0.250. The molecule has 0 saturated heterocycles. The average molecular weight is 351 g/mol. The third-order valence-corrected chi connectivity index (χ3v) is 4.32. The van der Waals surface area contributed by atoms with Gasteiger partial charge < -0.3 is 9.64 Å². The van der Waals surface area contributed by atoms with Gasteiger partial charge in [-0.05, 0) is 31.0 Å². The van der Waals surface area contributed by atoms with E-state index >= 15 is 0 Å². The molecule has 1 heterocycles. The minimum atomic E-state index is -0.615. The number of rotatable bonds is 5. The van der Waals surface area contributed by atoms with Gasteiger partial charge >= 0.3 is 5.97 Å². The van der Waals surface area contributed by atoms with Crippen molar-refractivity contribution in [1.82, 2.24) is 15.1 Å². The molecule has 1 aromatic heterocycles. The summed E-state index contributed by atoms with van der Waals surface area (Å²) in [6, 6.07) is 13.4. The Morgan fingerprint density at radius 1 is 1.15 bits per heavy atom. The van der Waals surface area contributed by atoms with Crippen LogP contribution >= 0.6 is 0 Å². The molecule has 0 spiro atoms. The Hall–Kier alpha value is -3.15. The van der Waals surface area contributed by atoms with Gasteiger partial charge in [-0.1, -0.05) is 42.0 Å². The quantitative estimate of drug-likeness (QED) is 0.717. The molecule has 0 atom stereocenters. The van der Waals surface area contributed by atoms with E-state index in [0.717, 1.165) is 16.6 Å². The van der Waals surface area contributed by atoms with Gasteiger partial charge in [-0.25, -0.2) is 4.79 Å². The van der Waals surface area contributed by atoms with Gasteiger partial charge in [0.1, 0.15) is 0 Å². The molecule has 3 rings (SSSR count). The summed E-state index contributed by atoms with van der Waals surface area (Å²) in [7, 11) is 1.69. The van der Waals surface area contributed by atoms with Crippen LogP contribution in [-0.4, -0.2) is 40.6 Å². The second-order valence-electron chi connectivity index (χ2n) is 6.37. The Morgan fingerprint density at radius 3 is 2.69 bits per heavy atom. The van der Waals surface area contributed by atoms with Crippen LogP contribution in [0.5, 0.6) is 0 Å². The molecule has 0 aliphatic carbocycles. The molecule has 26 heavy (non-hydrogen) atoms. The van der Waals surface area contributed by atoms with Crippen molar-refractivity contribution in [3.05, 3.63) is 64.8 Å². The number of ether oxygens (including phenoxy) is 1. The molecule has 6 nitrogen and oxygen atoms in total. The molecular formula is C20H21N3O3. The number of aromatic nitrogens is 2. The molecule has 0 radical (unpaired) electrons. The Labute approximate surface area is 151 Å². The number of nitrogens with one attached hydrogen (secondary N) is 1. The molecule has 3 aromatic rings. The Bertz CT molecular complexity index is 962. The van der Waals surface area contributed by atoms with E-state index < -0.39 is 5.97 Å². The van der Waals surface area contributed by atoms with Crippen molar-refractivity contribution in [2.75, 3.05) is 13.7 Å². The average Bonchev–Trinajstić information content (AvgIpc) is 3.06. The zero-order valence-corrected chi connectivity index (χ0v) is 15.1. The first-order chi connectivity index (χ1) is 12.5. The highest BCUT2D eigenvalue weighted by atomic mass is 16.5. The molecule has 0 aliphatic rings. The lowest BCUT2D eigenvalue weighted by atomic mass is 10.1. The maximum absolute atomic E-state index is 12.3. The van der Waals surface area contributed by atoms with Gasteiger partial charge in [0.2, 0.25) is 0 Å². The number of hydrogen-bond donors (Lipinski definition) is 1. The van der Waals surface area contributed by atoms with Gasteiger partial charge in [0.25, 0.3) is 5.91 Å². The first-order valence-electron chi connectivity index (χ1n) is 8.36. The summed E-state index contributed by atoms with van der Waals surface area (Å²) in [5.41, 5.74) is 4.31. The summed E-state index contributed by atoms with van der Waals surface area (Å²) in [6.45, 7) is 4.20. The maximum Gasteiger partial charge on any atom is 0.359 e. The van der Waals surface area contributed by atoms with Crippen LogP contribution < -0.4 is 0 Å². The van der Waals surface area contributed by atoms with Crippen LogP contribution in [0.25, 0.3) is 10.9 Å². The summed E-state index contributed by atoms with van der Waals surface area (Å²) in [6.07, 6.45) is 0. The zero-order valence-electron chi connectivity index (χ0n) is 15.1. The Balaban J connectivity index is 1.60. The lowest BCUT2D eigenvalue weighted by molar-refractivity contribution is -0.133. The smallest absolute Gasteiger partial charge is 0.359 e. The number of likely N-dealkylation sites (N-methyl/N-ethyl adjacent to an activating group) is 1. The number of carbonyl (C=O) groups is 2. The molecule has 0 aliphatic heterocycles. The number of nitrogens with zero attached hydrogens (tertiary/aromatic N) is 2. The lowest BCUT2D eigenvalue weighted by Gasteiger charge is -2.18. The van der Waals surface area contributed by atoms with Crippen molar-refractivity contribution in [3.63, 3.8) is 0 Å². The van der Waals surface area contributed by atoms with Crippen molar-refractivity contribution in [3.8, 4) is 0 Å². The standard InChI is InChI=1S/C20H21N3O3/c1-13-8-9-15(14(2)10-13)11-23(3)18(24)12-26-20(25)19-16-6-4-5-7-17(16)21-22-19/h4-10H,11-12H2,1-3H3,(H,21,22). The highest BCUT2D eigenvalue weighted by molar-refractivity contribution is 6.02. The van der Waals surface area contributed by atoms with Crippen molar-refractivity contribution in [2.24, 2.45) is 0 Å². The molecule has 0 saturated carbocycles. The monoisotopic (exact) mass is 351 g/mol. The van der Waals surface area contributed by atoms with Crippen LogP contribution in [0.2, 0.25) is 0 Å². The molecule has 0 bridgehead atoms. The third-order valence-electron chi connectivity index (χ3n) is 4.32. The van der Waals surface area contributed by atoms with Crippen LogP contribution in [0.15, 0.2) is 42.5 Å². The van der Waals surface area contributed by atoms with Crippen molar-refractivity contribution in [1.29, 1.82) is 0 Å². The topological polar surface area (TPSA) is 75.3 Å². The van der Waals surface area contributed by atoms with E-state index in [1.807, 2.05) is 44.2 Å². The second-order valence-corrected chi connectivity index (χ2v) is 6.37. The number of para-hydroxylation sites is 1. The maximum atomic E-state index is 12.3. The Kier molecular flexibility index (Phi) is 5.02. The van der Waals surface area contributed by atoms with Crippen LogP contribution in [-0.2, 0) is 16.1 Å². The summed E-state index contributed by atoms with van der Waals surface area (Å²) in [5.74, 6) is -0.881. The van der Waals surface area contributed by atoms with E-state index in [2.05, 4.69) is 16.3 Å². The summed E-state index contributed by atoms with van der Waals surface area (Å²) in [5, 5.41) is 7.43. The van der Waals surface area contributed by atoms with Gasteiger partial charge in [-0.2, -0.15) is 5.10 Å². The third kappa shape index (κ3) is 3.74. The van der Waals surface area contributed by atoms with Gasteiger partial charge in [0.15, 0.2) is 12.3 Å². The predicted octanol–water partition coefficient (Wildman–Crippen LogP) is 3.00. The number of aromatic amines is 1. The summed E-state index contributed by atoms with van der Waals surface area (Å²) < 4.78 is 5.15. The van der Waals surface area contributed by atoms with Crippen molar-refractivity contribution < 1.29 is 14.3 Å². The van der Waals surface area contributed by atoms with Crippen LogP contribution in [0.3, 0.4) is 0 Å². The highest BCUT2D eigenvalue weighted by Crippen LogP contribution is 2.16. The molecule has 2 aromatic carbocycles. The SMILES string of the molecule is Cc1ccc(CN(C)C(=O)COC(=O)c2n[nH]c3ccccc23)c(C)c1. The van der Waals surface area contributed by atoms with E-state index in [0.29, 0.717) is 11.9 Å². The molecule has 1 N–H and O–H groups in total. The number of H-pyrrole nitrogens is 1. The first-order valence-corrected chi connectivity index (χ1v) is 8.36. The number of esters is 1. The fourth-order valence-electron chi connectivity index (χ4n) is 2.79. The van der Waals surface area contributed by atoms with E-state index in [1.54, 1.807) is 18.0 Å². The molecule has 0 unspecified atom stereocenters. The lowest BCUT2D eigenvalue weighted by Crippen LogP contribution is -2.31. The van der Waals surface area contributed by atoms with Gasteiger partial charge in [0.05, 0.1) is 5.52 Å². The van der Waals surface area contributed by atoms with Gasteiger partial charge in [-0.3, -0.25) is 9.89 Å². The highest BCUT2D eigenvalue weighted by Gasteiger charge is 2.18. The van der Waals surface area contributed by atoms with Crippen molar-refractivity contribution in [2.45, 2.75) is 20.4 Å². The van der Waals surface area contributed by atoms with E-state index in [9.17, 15) is 9.59 Å². The van der Waals surface area contributed by atoms with E-state index in [4.69, 9.17) is 4.74 Å². The van der Waals surface area contributed by atoms with Gasteiger partial charge in [-0.15, -0.1) is 0 Å². The van der Waals surface area contributed by atoms with Crippen LogP contribution in [0, 0.1) is 13.8 Å². The molecular weight excluding hydrogens is 330 g/mol. The number of amides is 1. The molecule has 134 valence electrons. The minimum absolute atomic E-state index is 0.186. The number of carbonyl (C=O) groups excluding carboxylic acids is 2. The number of benzene rings is 2. The molecule has 0 fully saturated rings. The van der Waals surface area contributed by atoms with E-state index in [1.165, 1.54) is 5.56 Å². The normalized spacial score (nSPS) is 10.7. The van der Waals surface area contributed by atoms with Crippen molar-refractivity contribution >= 4 is 22.8 Å².